The number of thiophene rings is 2. The van der Waals surface area contributed by atoms with Gasteiger partial charge < -0.3 is 32.9 Å². The van der Waals surface area contributed by atoms with Crippen LogP contribution in [-0.4, -0.2) is 0 Å². The van der Waals surface area contributed by atoms with Gasteiger partial charge in [0.15, 0.2) is 11.2 Å². The van der Waals surface area contributed by atoms with Gasteiger partial charge in [-0.1, -0.05) is 309 Å². The van der Waals surface area contributed by atoms with Gasteiger partial charge in [0.2, 0.25) is 0 Å². The Bertz CT molecular complexity index is 9190. The normalized spacial score (nSPS) is 11.8. The summed E-state index contributed by atoms with van der Waals surface area (Å²) in [7, 11) is 0. The summed E-state index contributed by atoms with van der Waals surface area (Å²) in [6.07, 6.45) is 0. The minimum Gasteiger partial charge on any atom is -0.456 e. The molecule has 0 atom stereocenters. The van der Waals surface area contributed by atoms with Gasteiger partial charge in [-0.05, 0) is 224 Å². The number of hydrogen-bond acceptors (Lipinski definition) is 9. The molecule has 0 bridgehead atoms. The molecule has 0 aliphatic rings. The third-order valence-corrected chi connectivity index (χ3v) is 28.8. The van der Waals surface area contributed by atoms with Crippen LogP contribution in [0.3, 0.4) is 0 Å². The number of furan rings is 3. The Labute approximate surface area is 773 Å². The maximum absolute atomic E-state index is 6.70. The highest BCUT2D eigenvalue weighted by molar-refractivity contribution is 7.27. The van der Waals surface area contributed by atoms with E-state index >= 15 is 0 Å². The smallest absolute Gasteiger partial charge is 0.159 e. The van der Waals surface area contributed by atoms with Crippen LogP contribution >= 0.6 is 22.7 Å². The summed E-state index contributed by atoms with van der Waals surface area (Å²) in [6.45, 7) is 0. The lowest BCUT2D eigenvalue weighted by Crippen LogP contribution is -2.11. The standard InChI is InChI=1S/C68H42N2O2S.C56H36N2OS/c1-3-16-44(17-4-1)50-20-9-12-26-60(50)70(61-27-15-25-55-52-22-10-14-29-63(52)72-67(55)61)47-33-30-43(31-34-47)45-32-37-56-58(40-45)51-21-7-8-24-54(51)66-57-38-35-49(42-65(57)73-68(56)66)69(46-18-5-2-6-19-46)48-36-39-64-59(41-48)53-23-11-13-28-62(53)71-64;1-4-15-39(16-5-1)57(40-17-6-2-7-18-40)43-32-34-48-50(36-43)44-21-10-11-23-46(44)54-49-33-29-38(35-53(49)60-56(48)54)37-27-30-42(31-28-37)58(41-19-8-3-9-20-41)51-25-14-24-47-45-22-12-13-26-52(45)59-55(47)51/h1-42H;1-36H. The maximum atomic E-state index is 6.70. The Morgan fingerprint density at radius 2 is 0.489 bits per heavy atom. The van der Waals surface area contributed by atoms with Crippen LogP contribution in [0, 0.1) is 0 Å². The SMILES string of the molecule is c1ccc(-c2ccccc2N(c2ccc(-c3ccc4c(c3)c3ccccc3c3c5ccc(N(c6ccccc6)c6ccc7oc8ccccc8c7c6)cc5sc43)cc2)c2cccc3c2oc2ccccc23)cc1.c1ccc(N(c2ccccc2)c2ccc3c(c2)c2ccccc2c2c4ccc(-c5ccc(N(c6ccccc6)c6cccc7c6oc6ccccc67)cc5)cc4sc32)cc1. The fraction of sp³-hybridized carbons (Fsp3) is 0. The minimum absolute atomic E-state index is 0.857. The minimum atomic E-state index is 0.857. The lowest BCUT2D eigenvalue weighted by atomic mass is 9.94. The number of fused-ring (bicyclic) bond motifs is 25. The van der Waals surface area contributed by atoms with E-state index in [0.717, 1.165) is 151 Å². The summed E-state index contributed by atoms with van der Waals surface area (Å²) in [6, 6.07) is 170. The number of nitrogens with zero attached hydrogens (tertiary/aromatic N) is 4. The average Bonchev–Trinajstić information content (AvgIpc) is 1.57. The molecule has 0 unspecified atom stereocenters. The predicted octanol–water partition coefficient (Wildman–Crippen LogP) is 37.3. The predicted molar refractivity (Wildman–Crippen MR) is 566 cm³/mol. The van der Waals surface area contributed by atoms with Crippen molar-refractivity contribution in [2.24, 2.45) is 0 Å². The Kier molecular flexibility index (Phi) is 18.5. The molecule has 22 aromatic carbocycles. The number of anilines is 12. The number of para-hydroxylation sites is 10. The van der Waals surface area contributed by atoms with Crippen molar-refractivity contribution in [2.75, 3.05) is 19.6 Å². The molecule has 0 fully saturated rings. The summed E-state index contributed by atoms with van der Waals surface area (Å²) in [5, 5.41) is 22.0. The Morgan fingerprint density at radius 3 is 1.03 bits per heavy atom. The zero-order valence-corrected chi connectivity index (χ0v) is 73.5. The summed E-state index contributed by atoms with van der Waals surface area (Å²) in [4.78, 5) is 9.36. The van der Waals surface area contributed by atoms with Gasteiger partial charge in [0.05, 0.1) is 17.1 Å². The van der Waals surface area contributed by atoms with E-state index in [1.165, 1.54) is 100 Å². The van der Waals surface area contributed by atoms with Crippen LogP contribution in [0.5, 0.6) is 0 Å². The second-order valence-electron chi connectivity index (χ2n) is 34.0. The van der Waals surface area contributed by atoms with Crippen molar-refractivity contribution in [1.29, 1.82) is 0 Å². The summed E-state index contributed by atoms with van der Waals surface area (Å²) >= 11 is 3.78. The van der Waals surface area contributed by atoms with E-state index < -0.39 is 0 Å². The molecule has 0 N–H and O–H groups in total. The fourth-order valence-electron chi connectivity index (χ4n) is 20.4. The number of rotatable bonds is 15. The average molecular weight is 1740 g/mol. The van der Waals surface area contributed by atoms with Gasteiger partial charge in [0.25, 0.3) is 0 Å². The molecule has 7 nitrogen and oxygen atoms in total. The molecule has 133 heavy (non-hydrogen) atoms. The van der Waals surface area contributed by atoms with Crippen LogP contribution in [0.4, 0.5) is 68.2 Å². The van der Waals surface area contributed by atoms with E-state index in [1.807, 2.05) is 53.0 Å². The molecule has 9 heteroatoms. The number of hydrogen-bond donors (Lipinski definition) is 0. The molecule has 27 rings (SSSR count). The Balaban J connectivity index is 0.000000142. The zero-order valence-electron chi connectivity index (χ0n) is 71.9. The molecule has 0 amide bonds. The van der Waals surface area contributed by atoms with Crippen LogP contribution < -0.4 is 19.6 Å². The third kappa shape index (κ3) is 13.1. The first-order valence-corrected chi connectivity index (χ1v) is 46.7. The van der Waals surface area contributed by atoms with Gasteiger partial charge in [-0.2, -0.15) is 0 Å². The van der Waals surface area contributed by atoms with Gasteiger partial charge >= 0.3 is 0 Å². The second kappa shape index (κ2) is 32.0. The summed E-state index contributed by atoms with van der Waals surface area (Å²) < 4.78 is 24.6. The van der Waals surface area contributed by atoms with E-state index in [9.17, 15) is 0 Å². The van der Waals surface area contributed by atoms with Crippen molar-refractivity contribution < 1.29 is 13.3 Å². The van der Waals surface area contributed by atoms with Crippen molar-refractivity contribution in [3.8, 4) is 33.4 Å². The first-order valence-electron chi connectivity index (χ1n) is 45.1. The van der Waals surface area contributed by atoms with Gasteiger partial charge in [-0.3, -0.25) is 0 Å². The molecule has 5 aromatic heterocycles. The van der Waals surface area contributed by atoms with Crippen molar-refractivity contribution in [3.63, 3.8) is 0 Å². The Hall–Kier alpha value is -17.1. The Morgan fingerprint density at radius 1 is 0.158 bits per heavy atom. The van der Waals surface area contributed by atoms with Crippen molar-refractivity contribution in [1.82, 2.24) is 0 Å². The highest BCUT2D eigenvalue weighted by atomic mass is 32.1. The third-order valence-electron chi connectivity index (χ3n) is 26.4. The quantitative estimate of drug-likeness (QED) is 0.0948. The van der Waals surface area contributed by atoms with E-state index in [4.69, 9.17) is 13.3 Å². The maximum Gasteiger partial charge on any atom is 0.159 e. The number of benzene rings is 22. The fourth-order valence-corrected chi connectivity index (χ4v) is 23.0. The molecule has 5 heterocycles. The molecule has 624 valence electrons. The molecule has 0 radical (unpaired) electrons. The van der Waals surface area contributed by atoms with Crippen LogP contribution in [0.1, 0.15) is 0 Å². The first-order chi connectivity index (χ1) is 66.0. The summed E-state index contributed by atoms with van der Waals surface area (Å²) in [5.74, 6) is 0. The van der Waals surface area contributed by atoms with Gasteiger partial charge in [0.1, 0.15) is 22.3 Å². The molecule has 0 spiro atoms. The molecule has 0 aliphatic heterocycles. The van der Waals surface area contributed by atoms with Crippen molar-refractivity contribution in [3.05, 3.63) is 473 Å². The second-order valence-corrected chi connectivity index (χ2v) is 36.1. The lowest BCUT2D eigenvalue weighted by Gasteiger charge is -2.28. The topological polar surface area (TPSA) is 52.4 Å². The molecule has 0 aliphatic carbocycles. The molecular formula is C124H78N4O3S2. The van der Waals surface area contributed by atoms with E-state index in [-0.39, 0.29) is 0 Å². The highest BCUT2D eigenvalue weighted by Gasteiger charge is 2.27. The van der Waals surface area contributed by atoms with Crippen LogP contribution in [0.25, 0.3) is 183 Å². The van der Waals surface area contributed by atoms with E-state index in [2.05, 4.69) is 462 Å². The van der Waals surface area contributed by atoms with Crippen molar-refractivity contribution in [2.45, 2.75) is 0 Å². The lowest BCUT2D eigenvalue weighted by molar-refractivity contribution is 0.668. The monoisotopic (exact) mass is 1730 g/mol. The van der Waals surface area contributed by atoms with Gasteiger partial charge in [0, 0.05) is 140 Å². The van der Waals surface area contributed by atoms with Crippen LogP contribution in [-0.2, 0) is 0 Å². The molecule has 0 saturated heterocycles. The van der Waals surface area contributed by atoms with Crippen molar-refractivity contribution >= 4 is 240 Å². The van der Waals surface area contributed by atoms with Gasteiger partial charge in [-0.15, -0.1) is 22.7 Å². The van der Waals surface area contributed by atoms with Gasteiger partial charge in [-0.25, -0.2) is 0 Å². The van der Waals surface area contributed by atoms with E-state index in [0.29, 0.717) is 0 Å². The molecule has 27 aromatic rings. The first kappa shape index (κ1) is 77.1. The highest BCUT2D eigenvalue weighted by Crippen LogP contribution is 2.53. The van der Waals surface area contributed by atoms with E-state index in [1.54, 1.807) is 0 Å². The molecular weight excluding hydrogens is 1660 g/mol. The van der Waals surface area contributed by atoms with Crippen LogP contribution in [0.15, 0.2) is 486 Å². The largest absolute Gasteiger partial charge is 0.456 e. The zero-order chi connectivity index (χ0) is 87.6. The summed E-state index contributed by atoms with van der Waals surface area (Å²) in [5.41, 5.74) is 25.2. The van der Waals surface area contributed by atoms with Crippen LogP contribution in [0.2, 0.25) is 0 Å². The molecule has 0 saturated carbocycles.